The zero-order valence-electron chi connectivity index (χ0n) is 9.03. The average Bonchev–Trinajstić information content (AvgIpc) is 2.45. The van der Waals surface area contributed by atoms with E-state index in [0.29, 0.717) is 0 Å². The van der Waals surface area contributed by atoms with E-state index < -0.39 is 0 Å². The van der Waals surface area contributed by atoms with E-state index in [-0.39, 0.29) is 10.8 Å². The third kappa shape index (κ3) is 2.53. The van der Waals surface area contributed by atoms with Crippen LogP contribution < -0.4 is 0 Å². The van der Waals surface area contributed by atoms with Gasteiger partial charge in [-0.05, 0) is 40.8 Å². The van der Waals surface area contributed by atoms with Crippen LogP contribution in [-0.4, -0.2) is 0 Å². The molecule has 0 aliphatic carbocycles. The number of thiophene rings is 1. The predicted molar refractivity (Wildman–Crippen MR) is 69.4 cm³/mol. The SMILES string of the molecule is CCC(C)(C)C(Cl)c1cc(Br)c(C)s1. The second kappa shape index (κ2) is 4.54. The van der Waals surface area contributed by atoms with E-state index in [1.54, 1.807) is 11.3 Å². The Kier molecular flexibility index (Phi) is 4.07. The first-order chi connectivity index (χ1) is 6.38. The molecule has 0 aliphatic heterocycles. The summed E-state index contributed by atoms with van der Waals surface area (Å²) < 4.78 is 1.18. The van der Waals surface area contributed by atoms with Crippen molar-refractivity contribution in [2.45, 2.75) is 39.5 Å². The van der Waals surface area contributed by atoms with Crippen molar-refractivity contribution in [2.75, 3.05) is 0 Å². The molecule has 0 amide bonds. The fourth-order valence-corrected chi connectivity index (χ4v) is 3.27. The molecule has 0 saturated carbocycles. The van der Waals surface area contributed by atoms with Gasteiger partial charge in [-0.15, -0.1) is 22.9 Å². The minimum Gasteiger partial charge on any atom is -0.143 e. The highest BCUT2D eigenvalue weighted by Gasteiger charge is 2.28. The van der Waals surface area contributed by atoms with Gasteiger partial charge in [0.1, 0.15) is 0 Å². The summed E-state index contributed by atoms with van der Waals surface area (Å²) in [6, 6.07) is 2.15. The second-order valence-electron chi connectivity index (χ2n) is 4.26. The van der Waals surface area contributed by atoms with Gasteiger partial charge >= 0.3 is 0 Å². The second-order valence-corrected chi connectivity index (χ2v) is 6.84. The molecular formula is C11H16BrClS. The first-order valence-electron chi connectivity index (χ1n) is 4.78. The van der Waals surface area contributed by atoms with Crippen molar-refractivity contribution in [1.82, 2.24) is 0 Å². The Hall–Kier alpha value is 0.470. The molecule has 0 spiro atoms. The number of hydrogen-bond acceptors (Lipinski definition) is 1. The lowest BCUT2D eigenvalue weighted by Crippen LogP contribution is -2.15. The maximum absolute atomic E-state index is 6.47. The predicted octanol–water partition coefficient (Wildman–Crippen LogP) is 5.54. The monoisotopic (exact) mass is 294 g/mol. The van der Waals surface area contributed by atoms with Crippen molar-refractivity contribution in [2.24, 2.45) is 5.41 Å². The van der Waals surface area contributed by atoms with E-state index in [9.17, 15) is 0 Å². The highest BCUT2D eigenvalue weighted by molar-refractivity contribution is 9.10. The summed E-state index contributed by atoms with van der Waals surface area (Å²) in [6.07, 6.45) is 1.09. The van der Waals surface area contributed by atoms with E-state index in [2.05, 4.69) is 49.7 Å². The third-order valence-electron chi connectivity index (χ3n) is 2.72. The summed E-state index contributed by atoms with van der Waals surface area (Å²) in [5.74, 6) is 0. The fraction of sp³-hybridized carbons (Fsp3) is 0.636. The molecule has 0 saturated heterocycles. The smallest absolute Gasteiger partial charge is 0.0729 e. The summed E-state index contributed by atoms with van der Waals surface area (Å²) in [5, 5.41) is 0.113. The van der Waals surface area contributed by atoms with E-state index in [1.807, 2.05) is 0 Å². The van der Waals surface area contributed by atoms with Crippen LogP contribution >= 0.6 is 38.9 Å². The summed E-state index contributed by atoms with van der Waals surface area (Å²) in [4.78, 5) is 2.57. The Morgan fingerprint density at radius 3 is 2.50 bits per heavy atom. The molecular weight excluding hydrogens is 280 g/mol. The van der Waals surface area contributed by atoms with Crippen molar-refractivity contribution >= 4 is 38.9 Å². The molecule has 0 radical (unpaired) electrons. The lowest BCUT2D eigenvalue weighted by Gasteiger charge is -2.27. The first-order valence-corrected chi connectivity index (χ1v) is 6.83. The number of halogens is 2. The fourth-order valence-electron chi connectivity index (χ4n) is 1.17. The standard InChI is InChI=1S/C11H16BrClS/c1-5-11(3,4)10(13)9-6-8(12)7(2)14-9/h6,10H,5H2,1-4H3. The van der Waals surface area contributed by atoms with Gasteiger partial charge in [0.05, 0.1) is 5.38 Å². The maximum Gasteiger partial charge on any atom is 0.0729 e. The summed E-state index contributed by atoms with van der Waals surface area (Å²) in [7, 11) is 0. The zero-order valence-corrected chi connectivity index (χ0v) is 12.2. The number of alkyl halides is 1. The van der Waals surface area contributed by atoms with Crippen LogP contribution in [0.4, 0.5) is 0 Å². The van der Waals surface area contributed by atoms with Crippen LogP contribution in [0.15, 0.2) is 10.5 Å². The highest BCUT2D eigenvalue weighted by Crippen LogP contribution is 2.45. The Morgan fingerprint density at radius 2 is 2.14 bits per heavy atom. The molecule has 1 heterocycles. The minimum absolute atomic E-state index is 0.113. The summed E-state index contributed by atoms with van der Waals surface area (Å²) >= 11 is 11.8. The van der Waals surface area contributed by atoms with Crippen molar-refractivity contribution in [3.8, 4) is 0 Å². The van der Waals surface area contributed by atoms with Gasteiger partial charge in [-0.1, -0.05) is 20.8 Å². The van der Waals surface area contributed by atoms with Crippen LogP contribution in [0.3, 0.4) is 0 Å². The molecule has 0 fully saturated rings. The van der Waals surface area contributed by atoms with E-state index >= 15 is 0 Å². The van der Waals surface area contributed by atoms with Gasteiger partial charge in [-0.3, -0.25) is 0 Å². The van der Waals surface area contributed by atoms with Crippen LogP contribution in [0.2, 0.25) is 0 Å². The van der Waals surface area contributed by atoms with Gasteiger partial charge in [0.2, 0.25) is 0 Å². The molecule has 14 heavy (non-hydrogen) atoms. The first kappa shape index (κ1) is 12.5. The number of hydrogen-bond donors (Lipinski definition) is 0. The summed E-state index contributed by atoms with van der Waals surface area (Å²) in [6.45, 7) is 8.73. The van der Waals surface area contributed by atoms with Gasteiger partial charge in [-0.25, -0.2) is 0 Å². The van der Waals surface area contributed by atoms with Gasteiger partial charge in [0, 0.05) is 14.2 Å². The molecule has 0 nitrogen and oxygen atoms in total. The number of rotatable bonds is 3. The van der Waals surface area contributed by atoms with Gasteiger partial charge in [0.25, 0.3) is 0 Å². The maximum atomic E-state index is 6.47. The van der Waals surface area contributed by atoms with E-state index in [1.165, 1.54) is 14.2 Å². The van der Waals surface area contributed by atoms with Gasteiger partial charge in [-0.2, -0.15) is 0 Å². The molecule has 80 valence electrons. The quantitative estimate of drug-likeness (QED) is 0.643. The van der Waals surface area contributed by atoms with E-state index in [4.69, 9.17) is 11.6 Å². The van der Waals surface area contributed by atoms with Gasteiger partial charge < -0.3 is 0 Å². The van der Waals surface area contributed by atoms with Gasteiger partial charge in [0.15, 0.2) is 0 Å². The number of aryl methyl sites for hydroxylation is 1. The Balaban J connectivity index is 2.94. The normalized spacial score (nSPS) is 14.4. The molecule has 0 aliphatic rings. The molecule has 0 bridgehead atoms. The molecule has 1 atom stereocenters. The van der Waals surface area contributed by atoms with Crippen LogP contribution in [0.5, 0.6) is 0 Å². The third-order valence-corrected chi connectivity index (χ3v) is 5.88. The molecule has 1 aromatic heterocycles. The molecule has 1 aromatic rings. The molecule has 3 heteroatoms. The lowest BCUT2D eigenvalue weighted by molar-refractivity contribution is 0.339. The molecule has 0 aromatic carbocycles. The Labute approximate surface area is 104 Å². The van der Waals surface area contributed by atoms with Crippen molar-refractivity contribution in [3.05, 3.63) is 20.3 Å². The Bertz CT molecular complexity index is 298. The van der Waals surface area contributed by atoms with Crippen LogP contribution in [0.1, 0.15) is 42.3 Å². The van der Waals surface area contributed by atoms with Crippen molar-refractivity contribution in [3.63, 3.8) is 0 Å². The van der Waals surface area contributed by atoms with E-state index in [0.717, 1.165) is 6.42 Å². The summed E-state index contributed by atoms with van der Waals surface area (Å²) in [5.41, 5.74) is 0.165. The molecule has 1 rings (SSSR count). The zero-order chi connectivity index (χ0) is 10.9. The van der Waals surface area contributed by atoms with Crippen molar-refractivity contribution in [1.29, 1.82) is 0 Å². The van der Waals surface area contributed by atoms with Crippen LogP contribution in [0.25, 0.3) is 0 Å². The largest absolute Gasteiger partial charge is 0.143 e. The topological polar surface area (TPSA) is 0 Å². The van der Waals surface area contributed by atoms with Crippen LogP contribution in [0, 0.1) is 12.3 Å². The lowest BCUT2D eigenvalue weighted by atomic mass is 9.85. The molecule has 0 N–H and O–H groups in total. The van der Waals surface area contributed by atoms with Crippen LogP contribution in [-0.2, 0) is 0 Å². The highest BCUT2D eigenvalue weighted by atomic mass is 79.9. The van der Waals surface area contributed by atoms with Crippen molar-refractivity contribution < 1.29 is 0 Å². The molecule has 1 unspecified atom stereocenters. The Morgan fingerprint density at radius 1 is 1.57 bits per heavy atom. The average molecular weight is 296 g/mol. The minimum atomic E-state index is 0.113.